The minimum absolute atomic E-state index is 0.0248. The van der Waals surface area contributed by atoms with Gasteiger partial charge in [0.1, 0.15) is 6.04 Å². The van der Waals surface area contributed by atoms with Crippen molar-refractivity contribution in [2.24, 2.45) is 5.73 Å². The van der Waals surface area contributed by atoms with Crippen molar-refractivity contribution in [3.8, 4) is 0 Å². The summed E-state index contributed by atoms with van der Waals surface area (Å²) in [5.41, 5.74) is 4.95. The van der Waals surface area contributed by atoms with E-state index in [1.54, 1.807) is 11.3 Å². The minimum Gasteiger partial charge on any atom is -0.480 e. The summed E-state index contributed by atoms with van der Waals surface area (Å²) in [5, 5.41) is 15.7. The van der Waals surface area contributed by atoms with Gasteiger partial charge in [-0.25, -0.2) is 9.59 Å². The summed E-state index contributed by atoms with van der Waals surface area (Å²) in [6, 6.07) is 2.18. The molecule has 1 unspecified atom stereocenters. The normalized spacial score (nSPS) is 11.6. The largest absolute Gasteiger partial charge is 0.480 e. The number of carboxylic acids is 1. The first-order valence-electron chi connectivity index (χ1n) is 6.07. The van der Waals surface area contributed by atoms with Crippen LogP contribution in [0.4, 0.5) is 4.79 Å². The number of nitrogens with one attached hydrogen (secondary N) is 2. The van der Waals surface area contributed by atoms with Crippen LogP contribution >= 0.6 is 11.3 Å². The number of urea groups is 1. The highest BCUT2D eigenvalue weighted by molar-refractivity contribution is 7.09. The summed E-state index contributed by atoms with van der Waals surface area (Å²) >= 11 is 1.59. The lowest BCUT2D eigenvalue weighted by Crippen LogP contribution is -2.46. The number of amides is 3. The lowest BCUT2D eigenvalue weighted by molar-refractivity contribution is -0.139. The average Bonchev–Trinajstić information content (AvgIpc) is 2.87. The molecule has 0 aliphatic heterocycles. The van der Waals surface area contributed by atoms with Crippen LogP contribution in [0.5, 0.6) is 0 Å². The summed E-state index contributed by atoms with van der Waals surface area (Å²) in [4.78, 5) is 34.2. The number of nitrogens with two attached hydrogens (primary N) is 1. The van der Waals surface area contributed by atoms with Gasteiger partial charge in [-0.05, 0) is 24.3 Å². The van der Waals surface area contributed by atoms with Crippen molar-refractivity contribution in [3.63, 3.8) is 0 Å². The van der Waals surface area contributed by atoms with Crippen molar-refractivity contribution < 1.29 is 19.5 Å². The van der Waals surface area contributed by atoms with Crippen LogP contribution in [0.2, 0.25) is 0 Å². The molecule has 0 saturated carbocycles. The molecule has 5 N–H and O–H groups in total. The second-order valence-corrected chi connectivity index (χ2v) is 5.16. The smallest absolute Gasteiger partial charge is 0.326 e. The number of thiophene rings is 1. The third-order valence-electron chi connectivity index (χ3n) is 2.52. The first-order valence-corrected chi connectivity index (χ1v) is 6.95. The maximum atomic E-state index is 11.5. The molecule has 0 aliphatic carbocycles. The summed E-state index contributed by atoms with van der Waals surface area (Å²) in [6.45, 7) is 0.411. The quantitative estimate of drug-likeness (QED) is 0.552. The Morgan fingerprint density at radius 2 is 2.15 bits per heavy atom. The van der Waals surface area contributed by atoms with E-state index in [0.29, 0.717) is 13.0 Å². The SMILES string of the molecule is NC(=O)CCC(NC(=O)NCCc1cccs1)C(=O)O. The Labute approximate surface area is 120 Å². The molecule has 3 amide bonds. The molecule has 0 aliphatic rings. The number of hydrogen-bond acceptors (Lipinski definition) is 4. The maximum Gasteiger partial charge on any atom is 0.326 e. The van der Waals surface area contributed by atoms with E-state index < -0.39 is 23.9 Å². The molecule has 1 heterocycles. The summed E-state index contributed by atoms with van der Waals surface area (Å²) in [6.07, 6.45) is 0.569. The second kappa shape index (κ2) is 8.16. The van der Waals surface area contributed by atoms with E-state index in [0.717, 1.165) is 4.88 Å². The van der Waals surface area contributed by atoms with Crippen LogP contribution in [-0.2, 0) is 16.0 Å². The maximum absolute atomic E-state index is 11.5. The molecule has 1 atom stereocenters. The highest BCUT2D eigenvalue weighted by Gasteiger charge is 2.20. The van der Waals surface area contributed by atoms with Gasteiger partial charge in [0, 0.05) is 17.8 Å². The summed E-state index contributed by atoms with van der Waals surface area (Å²) in [5.74, 6) is -1.80. The molecular formula is C12H17N3O4S. The number of aliphatic carboxylic acids is 1. The predicted molar refractivity (Wildman–Crippen MR) is 74.4 cm³/mol. The molecule has 7 nitrogen and oxygen atoms in total. The summed E-state index contributed by atoms with van der Waals surface area (Å²) in [7, 11) is 0. The van der Waals surface area contributed by atoms with Gasteiger partial charge in [0.2, 0.25) is 5.91 Å². The highest BCUT2D eigenvalue weighted by Crippen LogP contribution is 2.08. The van der Waals surface area contributed by atoms with Crippen molar-refractivity contribution in [1.82, 2.24) is 10.6 Å². The zero-order valence-corrected chi connectivity index (χ0v) is 11.6. The second-order valence-electron chi connectivity index (χ2n) is 4.13. The van der Waals surface area contributed by atoms with E-state index in [1.807, 2.05) is 17.5 Å². The lowest BCUT2D eigenvalue weighted by atomic mass is 10.1. The van der Waals surface area contributed by atoms with E-state index in [-0.39, 0.29) is 12.8 Å². The van der Waals surface area contributed by atoms with Crippen molar-refractivity contribution in [2.45, 2.75) is 25.3 Å². The zero-order chi connectivity index (χ0) is 15.0. The number of hydrogen-bond donors (Lipinski definition) is 4. The molecule has 0 fully saturated rings. The number of primary amides is 1. The molecule has 1 rings (SSSR count). The van der Waals surface area contributed by atoms with Crippen molar-refractivity contribution in [2.75, 3.05) is 6.54 Å². The Balaban J connectivity index is 2.30. The molecule has 1 aromatic heterocycles. The first kappa shape index (κ1) is 16.0. The Morgan fingerprint density at radius 1 is 1.40 bits per heavy atom. The van der Waals surface area contributed by atoms with Crippen molar-refractivity contribution >= 4 is 29.2 Å². The van der Waals surface area contributed by atoms with Crippen LogP contribution in [0.1, 0.15) is 17.7 Å². The molecule has 0 radical (unpaired) electrons. The molecule has 110 valence electrons. The van der Waals surface area contributed by atoms with Gasteiger partial charge in [-0.3, -0.25) is 4.79 Å². The Bertz CT molecular complexity index is 461. The van der Waals surface area contributed by atoms with Crippen molar-refractivity contribution in [3.05, 3.63) is 22.4 Å². The van der Waals surface area contributed by atoms with Gasteiger partial charge in [-0.2, -0.15) is 0 Å². The third kappa shape index (κ3) is 6.19. The molecule has 0 bridgehead atoms. The third-order valence-corrected chi connectivity index (χ3v) is 3.46. The fourth-order valence-electron chi connectivity index (χ4n) is 1.51. The number of carbonyl (C=O) groups is 3. The minimum atomic E-state index is -1.19. The fourth-order valence-corrected chi connectivity index (χ4v) is 2.22. The molecule has 0 saturated heterocycles. The molecule has 8 heteroatoms. The number of carbonyl (C=O) groups excluding carboxylic acids is 2. The Hall–Kier alpha value is -2.09. The predicted octanol–water partition coefficient (Wildman–Crippen LogP) is 0.308. The molecular weight excluding hydrogens is 282 g/mol. The molecule has 0 aromatic carbocycles. The van der Waals surface area contributed by atoms with E-state index in [2.05, 4.69) is 10.6 Å². The van der Waals surface area contributed by atoms with E-state index in [1.165, 1.54) is 0 Å². The molecule has 20 heavy (non-hydrogen) atoms. The van der Waals surface area contributed by atoms with E-state index in [9.17, 15) is 14.4 Å². The van der Waals surface area contributed by atoms with Gasteiger partial charge in [0.05, 0.1) is 0 Å². The Kier molecular flexibility index (Phi) is 6.51. The van der Waals surface area contributed by atoms with Crippen LogP contribution in [0.15, 0.2) is 17.5 Å². The van der Waals surface area contributed by atoms with Gasteiger partial charge in [0.15, 0.2) is 0 Å². The van der Waals surface area contributed by atoms with Crippen LogP contribution < -0.4 is 16.4 Å². The van der Waals surface area contributed by atoms with Crippen LogP contribution in [-0.4, -0.2) is 35.6 Å². The average molecular weight is 299 g/mol. The topological polar surface area (TPSA) is 122 Å². The number of carboxylic acid groups (broad SMARTS) is 1. The highest BCUT2D eigenvalue weighted by atomic mass is 32.1. The lowest BCUT2D eigenvalue weighted by Gasteiger charge is -2.14. The van der Waals surface area contributed by atoms with Gasteiger partial charge in [-0.15, -0.1) is 11.3 Å². The summed E-state index contributed by atoms with van der Waals surface area (Å²) < 4.78 is 0. The van der Waals surface area contributed by atoms with Crippen LogP contribution in [0.25, 0.3) is 0 Å². The van der Waals surface area contributed by atoms with Crippen LogP contribution in [0, 0.1) is 0 Å². The van der Waals surface area contributed by atoms with E-state index >= 15 is 0 Å². The first-order chi connectivity index (χ1) is 9.49. The zero-order valence-electron chi connectivity index (χ0n) is 10.8. The van der Waals surface area contributed by atoms with Gasteiger partial charge in [0.25, 0.3) is 0 Å². The Morgan fingerprint density at radius 3 is 2.70 bits per heavy atom. The van der Waals surface area contributed by atoms with Gasteiger partial charge >= 0.3 is 12.0 Å². The number of rotatable bonds is 8. The fraction of sp³-hybridized carbons (Fsp3) is 0.417. The monoisotopic (exact) mass is 299 g/mol. The van der Waals surface area contributed by atoms with Gasteiger partial charge in [-0.1, -0.05) is 6.07 Å². The van der Waals surface area contributed by atoms with Gasteiger partial charge < -0.3 is 21.5 Å². The van der Waals surface area contributed by atoms with E-state index in [4.69, 9.17) is 10.8 Å². The standard InChI is InChI=1S/C12H17N3O4S/c13-10(16)4-3-9(11(17)18)15-12(19)14-6-5-8-2-1-7-20-8/h1-2,7,9H,3-6H2,(H2,13,16)(H,17,18)(H2,14,15,19). The van der Waals surface area contributed by atoms with Crippen molar-refractivity contribution in [1.29, 1.82) is 0 Å². The molecule has 0 spiro atoms. The molecule has 1 aromatic rings. The van der Waals surface area contributed by atoms with Crippen LogP contribution in [0.3, 0.4) is 0 Å².